The minimum absolute atomic E-state index is 0.627. The Kier molecular flexibility index (Phi) is 7.37. The van der Waals surface area contributed by atoms with Crippen molar-refractivity contribution in [2.24, 2.45) is 0 Å². The van der Waals surface area contributed by atoms with Crippen molar-refractivity contribution >= 4 is 11.3 Å². The predicted molar refractivity (Wildman–Crippen MR) is 74.5 cm³/mol. The van der Waals surface area contributed by atoms with Crippen LogP contribution in [0, 0.1) is 0 Å². The van der Waals surface area contributed by atoms with Crippen LogP contribution in [0.15, 0.2) is 0 Å². The van der Waals surface area contributed by atoms with Crippen molar-refractivity contribution in [1.82, 2.24) is 15.5 Å². The molecule has 0 fully saturated rings. The standard InChI is InChI=1S/C13H25N3S/c1-4-7-11(8-5-2)13-16-15-12(17-13)10-14-9-6-3/h11,14H,4-10H2,1-3H3. The summed E-state index contributed by atoms with van der Waals surface area (Å²) in [4.78, 5) is 0. The molecule has 0 atom stereocenters. The van der Waals surface area contributed by atoms with Crippen LogP contribution in [0.1, 0.15) is 68.8 Å². The van der Waals surface area contributed by atoms with Gasteiger partial charge in [0.15, 0.2) is 0 Å². The summed E-state index contributed by atoms with van der Waals surface area (Å²) in [6.07, 6.45) is 6.11. The molecule has 0 unspecified atom stereocenters. The second kappa shape index (κ2) is 8.59. The van der Waals surface area contributed by atoms with Crippen LogP contribution in [0.3, 0.4) is 0 Å². The highest BCUT2D eigenvalue weighted by Crippen LogP contribution is 2.28. The summed E-state index contributed by atoms with van der Waals surface area (Å²) < 4.78 is 0. The van der Waals surface area contributed by atoms with Crippen LogP contribution in [-0.4, -0.2) is 16.7 Å². The lowest BCUT2D eigenvalue weighted by Crippen LogP contribution is -2.13. The summed E-state index contributed by atoms with van der Waals surface area (Å²) in [7, 11) is 0. The maximum Gasteiger partial charge on any atom is 0.131 e. The Morgan fingerprint density at radius 1 is 1.06 bits per heavy atom. The molecule has 4 heteroatoms. The number of nitrogens with one attached hydrogen (secondary N) is 1. The lowest BCUT2D eigenvalue weighted by Gasteiger charge is -2.10. The number of nitrogens with zero attached hydrogens (tertiary/aromatic N) is 2. The van der Waals surface area contributed by atoms with Crippen molar-refractivity contribution in [1.29, 1.82) is 0 Å². The first-order chi connectivity index (χ1) is 8.31. The molecule has 17 heavy (non-hydrogen) atoms. The van der Waals surface area contributed by atoms with Crippen molar-refractivity contribution in [2.75, 3.05) is 6.54 Å². The highest BCUT2D eigenvalue weighted by atomic mass is 32.1. The van der Waals surface area contributed by atoms with E-state index in [0.29, 0.717) is 5.92 Å². The Morgan fingerprint density at radius 3 is 2.35 bits per heavy atom. The Bertz CT molecular complexity index is 293. The first kappa shape index (κ1) is 14.6. The van der Waals surface area contributed by atoms with Crippen LogP contribution < -0.4 is 5.32 Å². The molecule has 1 heterocycles. The average molecular weight is 255 g/mol. The van der Waals surface area contributed by atoms with Gasteiger partial charge in [-0.05, 0) is 25.8 Å². The van der Waals surface area contributed by atoms with E-state index < -0.39 is 0 Å². The second-order valence-electron chi connectivity index (χ2n) is 4.49. The van der Waals surface area contributed by atoms with Crippen LogP contribution in [0.4, 0.5) is 0 Å². The fourth-order valence-corrected chi connectivity index (χ4v) is 2.94. The number of rotatable bonds is 9. The largest absolute Gasteiger partial charge is 0.310 e. The lowest BCUT2D eigenvalue weighted by atomic mass is 9.99. The molecule has 0 aliphatic rings. The molecule has 1 aromatic rings. The van der Waals surface area contributed by atoms with Gasteiger partial charge in [0, 0.05) is 12.5 Å². The van der Waals surface area contributed by atoms with E-state index in [9.17, 15) is 0 Å². The van der Waals surface area contributed by atoms with Crippen LogP contribution in [-0.2, 0) is 6.54 Å². The molecule has 1 aromatic heterocycles. The maximum absolute atomic E-state index is 4.36. The van der Waals surface area contributed by atoms with Gasteiger partial charge in [-0.15, -0.1) is 10.2 Å². The van der Waals surface area contributed by atoms with Crippen LogP contribution >= 0.6 is 11.3 Å². The van der Waals surface area contributed by atoms with Gasteiger partial charge in [0.05, 0.1) is 0 Å². The molecular formula is C13H25N3S. The monoisotopic (exact) mass is 255 g/mol. The van der Waals surface area contributed by atoms with E-state index in [1.54, 1.807) is 11.3 Å². The minimum Gasteiger partial charge on any atom is -0.310 e. The Morgan fingerprint density at radius 2 is 1.76 bits per heavy atom. The van der Waals surface area contributed by atoms with Gasteiger partial charge < -0.3 is 5.32 Å². The summed E-state index contributed by atoms with van der Waals surface area (Å²) in [5.41, 5.74) is 0. The van der Waals surface area contributed by atoms with E-state index >= 15 is 0 Å². The first-order valence-electron chi connectivity index (χ1n) is 6.84. The summed E-state index contributed by atoms with van der Waals surface area (Å²) in [6.45, 7) is 8.59. The fraction of sp³-hybridized carbons (Fsp3) is 0.846. The predicted octanol–water partition coefficient (Wildman–Crippen LogP) is 3.72. The number of hydrogen-bond acceptors (Lipinski definition) is 4. The summed E-state index contributed by atoms with van der Waals surface area (Å²) in [5, 5.41) is 14.4. The zero-order chi connectivity index (χ0) is 12.5. The molecular weight excluding hydrogens is 230 g/mol. The smallest absolute Gasteiger partial charge is 0.131 e. The van der Waals surface area contributed by atoms with E-state index in [-0.39, 0.29) is 0 Å². The fourth-order valence-electron chi connectivity index (χ4n) is 1.96. The second-order valence-corrected chi connectivity index (χ2v) is 5.58. The van der Waals surface area contributed by atoms with Gasteiger partial charge in [0.25, 0.3) is 0 Å². The van der Waals surface area contributed by atoms with E-state index in [0.717, 1.165) is 18.1 Å². The van der Waals surface area contributed by atoms with E-state index in [1.807, 2.05) is 0 Å². The third kappa shape index (κ3) is 5.13. The highest BCUT2D eigenvalue weighted by Gasteiger charge is 2.14. The normalized spacial score (nSPS) is 11.3. The molecule has 0 saturated carbocycles. The van der Waals surface area contributed by atoms with E-state index in [2.05, 4.69) is 36.3 Å². The van der Waals surface area contributed by atoms with Crippen molar-refractivity contribution in [2.45, 2.75) is 65.3 Å². The van der Waals surface area contributed by atoms with E-state index in [4.69, 9.17) is 0 Å². The Labute approximate surface area is 109 Å². The third-order valence-electron chi connectivity index (χ3n) is 2.81. The van der Waals surface area contributed by atoms with Gasteiger partial charge >= 0.3 is 0 Å². The molecule has 0 aliphatic carbocycles. The molecule has 0 aliphatic heterocycles. The first-order valence-corrected chi connectivity index (χ1v) is 7.66. The molecule has 0 aromatic carbocycles. The molecule has 1 rings (SSSR count). The van der Waals surface area contributed by atoms with Crippen molar-refractivity contribution in [3.8, 4) is 0 Å². The van der Waals surface area contributed by atoms with Crippen LogP contribution in [0.5, 0.6) is 0 Å². The topological polar surface area (TPSA) is 37.8 Å². The SMILES string of the molecule is CCCNCc1nnc(C(CCC)CCC)s1. The average Bonchev–Trinajstić information content (AvgIpc) is 2.78. The molecule has 0 radical (unpaired) electrons. The number of hydrogen-bond donors (Lipinski definition) is 1. The highest BCUT2D eigenvalue weighted by molar-refractivity contribution is 7.11. The summed E-state index contributed by atoms with van der Waals surface area (Å²) in [5.74, 6) is 0.627. The van der Waals surface area contributed by atoms with Crippen molar-refractivity contribution < 1.29 is 0 Å². The van der Waals surface area contributed by atoms with Gasteiger partial charge in [-0.25, -0.2) is 0 Å². The molecule has 3 nitrogen and oxygen atoms in total. The minimum atomic E-state index is 0.627. The van der Waals surface area contributed by atoms with Crippen LogP contribution in [0.25, 0.3) is 0 Å². The maximum atomic E-state index is 4.36. The zero-order valence-electron chi connectivity index (χ0n) is 11.3. The van der Waals surface area contributed by atoms with Gasteiger partial charge in [0.1, 0.15) is 10.0 Å². The quantitative estimate of drug-likeness (QED) is 0.683. The Balaban J connectivity index is 2.51. The summed E-state index contributed by atoms with van der Waals surface area (Å²) >= 11 is 1.79. The molecule has 98 valence electrons. The molecule has 0 saturated heterocycles. The van der Waals surface area contributed by atoms with Gasteiger partial charge in [-0.1, -0.05) is 44.9 Å². The summed E-state index contributed by atoms with van der Waals surface area (Å²) in [6, 6.07) is 0. The van der Waals surface area contributed by atoms with Crippen molar-refractivity contribution in [3.63, 3.8) is 0 Å². The molecule has 1 N–H and O–H groups in total. The molecule has 0 amide bonds. The zero-order valence-corrected chi connectivity index (χ0v) is 12.1. The lowest BCUT2D eigenvalue weighted by molar-refractivity contribution is 0.553. The Hall–Kier alpha value is -0.480. The molecule has 0 bridgehead atoms. The van der Waals surface area contributed by atoms with Gasteiger partial charge in [-0.2, -0.15) is 0 Å². The van der Waals surface area contributed by atoms with Gasteiger partial charge in [0.2, 0.25) is 0 Å². The third-order valence-corrected chi connectivity index (χ3v) is 3.89. The van der Waals surface area contributed by atoms with Crippen molar-refractivity contribution in [3.05, 3.63) is 10.0 Å². The molecule has 0 spiro atoms. The van der Waals surface area contributed by atoms with Gasteiger partial charge in [-0.3, -0.25) is 0 Å². The van der Waals surface area contributed by atoms with E-state index in [1.165, 1.54) is 37.1 Å². The van der Waals surface area contributed by atoms with Crippen LogP contribution in [0.2, 0.25) is 0 Å². The number of aromatic nitrogens is 2.